The molecule has 3 amide bonds. The summed E-state index contributed by atoms with van der Waals surface area (Å²) in [5.41, 5.74) is 4.19. The topological polar surface area (TPSA) is 203 Å². The van der Waals surface area contributed by atoms with E-state index in [1.165, 1.54) is 12.4 Å². The van der Waals surface area contributed by atoms with Gasteiger partial charge in [-0.1, -0.05) is 12.1 Å². The minimum absolute atomic E-state index is 0.126. The fraction of sp³-hybridized carbons (Fsp3) is 0.436. The molecule has 4 aliphatic rings. The maximum Gasteiger partial charge on any atom is 0.255 e. The van der Waals surface area contributed by atoms with E-state index < -0.39 is 17.3 Å². The maximum atomic E-state index is 13.1. The molecular formula is C39H44N13O5S-. The van der Waals surface area contributed by atoms with E-state index in [0.717, 1.165) is 90.6 Å². The Kier molecular flexibility index (Phi) is 10.2. The van der Waals surface area contributed by atoms with E-state index in [1.54, 1.807) is 17.2 Å². The molecule has 3 fully saturated rings. The number of fused-ring (bicyclic) bond motifs is 2. The van der Waals surface area contributed by atoms with E-state index in [0.29, 0.717) is 47.6 Å². The van der Waals surface area contributed by atoms with Crippen LogP contribution in [-0.2, 0) is 33.9 Å². The first-order valence-corrected chi connectivity index (χ1v) is 20.7. The van der Waals surface area contributed by atoms with Gasteiger partial charge in [0, 0.05) is 94.9 Å². The molecule has 2 N–H and O–H groups in total. The minimum Gasteiger partial charge on any atom is -0.754 e. The molecule has 4 aliphatic heterocycles. The first-order chi connectivity index (χ1) is 28.1. The molecule has 0 bridgehead atoms. The number of nitrogens with one attached hydrogen (secondary N) is 2. The Morgan fingerprint density at radius 3 is 2.52 bits per heavy atom. The molecule has 3 saturated heterocycles. The summed E-state index contributed by atoms with van der Waals surface area (Å²) in [4.78, 5) is 59.9. The van der Waals surface area contributed by atoms with Gasteiger partial charge < -0.3 is 19.7 Å². The monoisotopic (exact) mass is 806 g/mol. The zero-order chi connectivity index (χ0) is 40.1. The summed E-state index contributed by atoms with van der Waals surface area (Å²) < 4.78 is 25.4. The van der Waals surface area contributed by atoms with Gasteiger partial charge in [0.1, 0.15) is 17.7 Å². The summed E-state index contributed by atoms with van der Waals surface area (Å²) in [6.45, 7) is 11.2. The fourth-order valence-electron chi connectivity index (χ4n) is 8.63. The Balaban J connectivity index is 0.797. The number of carbonyl (C=O) groups is 3. The van der Waals surface area contributed by atoms with Crippen LogP contribution in [0.25, 0.3) is 22.3 Å². The van der Waals surface area contributed by atoms with Crippen LogP contribution in [0.5, 0.6) is 0 Å². The summed E-state index contributed by atoms with van der Waals surface area (Å²) in [6, 6.07) is 9.76. The number of piperidine rings is 2. The number of hydrogen-bond donors (Lipinski definition) is 2. The average molecular weight is 807 g/mol. The predicted molar refractivity (Wildman–Crippen MR) is 213 cm³/mol. The molecular weight excluding hydrogens is 763 g/mol. The van der Waals surface area contributed by atoms with E-state index in [-0.39, 0.29) is 30.2 Å². The Morgan fingerprint density at radius 1 is 0.966 bits per heavy atom. The van der Waals surface area contributed by atoms with Crippen molar-refractivity contribution < 1.29 is 23.1 Å². The van der Waals surface area contributed by atoms with Gasteiger partial charge in [-0.3, -0.25) is 38.4 Å². The summed E-state index contributed by atoms with van der Waals surface area (Å²) in [6.07, 6.45) is 8.92. The van der Waals surface area contributed by atoms with Crippen molar-refractivity contribution in [3.63, 3.8) is 0 Å². The van der Waals surface area contributed by atoms with Crippen molar-refractivity contribution in [1.29, 1.82) is 0 Å². The highest BCUT2D eigenvalue weighted by molar-refractivity contribution is 7.77. The summed E-state index contributed by atoms with van der Waals surface area (Å²) in [5, 5.41) is 15.6. The molecule has 0 radical (unpaired) electrons. The number of aromatic nitrogens is 7. The lowest BCUT2D eigenvalue weighted by atomic mass is 10.0. The zero-order valence-corrected chi connectivity index (χ0v) is 33.1. The first-order valence-electron chi connectivity index (χ1n) is 19.7. The van der Waals surface area contributed by atoms with Gasteiger partial charge in [0.15, 0.2) is 11.6 Å². The van der Waals surface area contributed by atoms with Gasteiger partial charge in [-0.05, 0) is 56.4 Å². The Morgan fingerprint density at radius 2 is 1.78 bits per heavy atom. The molecule has 8 heterocycles. The van der Waals surface area contributed by atoms with Gasteiger partial charge in [-0.15, -0.1) is 0 Å². The van der Waals surface area contributed by atoms with Crippen LogP contribution >= 0.6 is 0 Å². The quantitative estimate of drug-likeness (QED) is 0.154. The highest BCUT2D eigenvalue weighted by Gasteiger charge is 2.39. The normalized spacial score (nSPS) is 20.3. The second-order valence-corrected chi connectivity index (χ2v) is 16.4. The second kappa shape index (κ2) is 15.6. The van der Waals surface area contributed by atoms with Crippen LogP contribution in [0.1, 0.15) is 67.1 Å². The highest BCUT2D eigenvalue weighted by atomic mass is 32.2. The molecule has 2 unspecified atom stereocenters. The summed E-state index contributed by atoms with van der Waals surface area (Å²) in [5.74, 6) is 1.57. The van der Waals surface area contributed by atoms with Crippen LogP contribution in [0, 0.1) is 0 Å². The Labute approximate surface area is 337 Å². The number of piperazine rings is 1. The third-order valence-corrected chi connectivity index (χ3v) is 12.1. The van der Waals surface area contributed by atoms with Crippen LogP contribution in [0.4, 0.5) is 17.5 Å². The number of rotatable bonds is 10. The molecule has 4 aromatic heterocycles. The standard InChI is InChI=1S/C39H45N13O5S/c1-24(2)52-32-18-34(43-33-7-10-40-36(44-33)27-19-42-51(23-27)58(56)57)41-20-30(32)37(46-52)49-11-8-28(9-12-49)48-15-13-47(14-16-48)21-25-3-4-29-26(17-25)22-50(39(29)55)31-5-6-35(53)45-38(31)54/h3-4,7,10,17-20,23-24,28,31H,5-6,8-9,11-16,21-22H2,1-2H3,(H,56,57)(H,45,53,54)(H,40,41,43,44)/p-1. The van der Waals surface area contributed by atoms with Crippen LogP contribution in [-0.4, -0.2) is 126 Å². The van der Waals surface area contributed by atoms with Crippen LogP contribution in [0.3, 0.4) is 0 Å². The lowest BCUT2D eigenvalue weighted by Gasteiger charge is -2.43. The number of amides is 3. The van der Waals surface area contributed by atoms with Gasteiger partial charge in [0.05, 0.1) is 40.1 Å². The summed E-state index contributed by atoms with van der Waals surface area (Å²) in [7, 11) is 0. The molecule has 0 aliphatic carbocycles. The number of benzene rings is 1. The SMILES string of the molecule is CC(C)n1nc(N2CCC(N3CCN(Cc4ccc5c(c4)CN(C4CCC(=O)NC4=O)C5=O)CC3)CC2)c2cnc(Nc3ccnc(-c4cnn(S(=O)[O-])c4)n3)cc21. The lowest BCUT2D eigenvalue weighted by molar-refractivity contribution is -0.136. The largest absolute Gasteiger partial charge is 0.754 e. The van der Waals surface area contributed by atoms with Gasteiger partial charge in [0.2, 0.25) is 11.8 Å². The Bertz CT molecular complexity index is 2420. The number of carbonyl (C=O) groups excluding carboxylic acids is 3. The third kappa shape index (κ3) is 7.45. The molecule has 5 aromatic rings. The van der Waals surface area contributed by atoms with Gasteiger partial charge in [-0.25, -0.2) is 15.0 Å². The van der Waals surface area contributed by atoms with Crippen molar-refractivity contribution in [3.8, 4) is 11.4 Å². The zero-order valence-electron chi connectivity index (χ0n) is 32.3. The number of nitrogens with zero attached hydrogens (tertiary/aromatic N) is 11. The molecule has 2 atom stereocenters. The summed E-state index contributed by atoms with van der Waals surface area (Å²) >= 11 is -2.51. The predicted octanol–water partition coefficient (Wildman–Crippen LogP) is 2.60. The molecule has 302 valence electrons. The van der Waals surface area contributed by atoms with Crippen molar-refractivity contribution in [2.75, 3.05) is 49.5 Å². The van der Waals surface area contributed by atoms with Crippen LogP contribution < -0.4 is 15.5 Å². The van der Waals surface area contributed by atoms with Crippen molar-refractivity contribution in [1.82, 2.24) is 53.9 Å². The van der Waals surface area contributed by atoms with Gasteiger partial charge in [-0.2, -0.15) is 14.3 Å². The minimum atomic E-state index is -2.51. The fourth-order valence-corrected chi connectivity index (χ4v) is 8.95. The van der Waals surface area contributed by atoms with E-state index in [4.69, 9.17) is 10.1 Å². The van der Waals surface area contributed by atoms with Gasteiger partial charge >= 0.3 is 0 Å². The smallest absolute Gasteiger partial charge is 0.255 e. The maximum absolute atomic E-state index is 13.1. The van der Waals surface area contributed by atoms with Crippen LogP contribution in [0.15, 0.2) is 55.1 Å². The third-order valence-electron chi connectivity index (χ3n) is 11.6. The van der Waals surface area contributed by atoms with Crippen molar-refractivity contribution >= 4 is 57.3 Å². The van der Waals surface area contributed by atoms with E-state index in [2.05, 4.69) is 60.3 Å². The van der Waals surface area contributed by atoms with Crippen LogP contribution in [0.2, 0.25) is 0 Å². The van der Waals surface area contributed by atoms with Crippen molar-refractivity contribution in [2.45, 2.75) is 70.7 Å². The lowest BCUT2D eigenvalue weighted by Crippen LogP contribution is -2.53. The van der Waals surface area contributed by atoms with Gasteiger partial charge in [0.25, 0.3) is 5.91 Å². The molecule has 1 aromatic carbocycles. The first kappa shape index (κ1) is 37.9. The number of pyridine rings is 1. The molecule has 0 spiro atoms. The van der Waals surface area contributed by atoms with Crippen molar-refractivity contribution in [3.05, 3.63) is 71.8 Å². The van der Waals surface area contributed by atoms with Crippen molar-refractivity contribution in [2.24, 2.45) is 0 Å². The van der Waals surface area contributed by atoms with E-state index in [9.17, 15) is 23.1 Å². The number of anilines is 3. The number of imide groups is 1. The molecule has 19 heteroatoms. The second-order valence-electron chi connectivity index (χ2n) is 15.6. The molecule has 18 nitrogen and oxygen atoms in total. The average Bonchev–Trinajstić information content (AvgIpc) is 3.95. The number of hydrogen-bond acceptors (Lipinski definition) is 14. The molecule has 9 rings (SSSR count). The van der Waals surface area contributed by atoms with E-state index in [1.807, 2.05) is 29.1 Å². The van der Waals surface area contributed by atoms with E-state index >= 15 is 0 Å². The highest BCUT2D eigenvalue weighted by Crippen LogP contribution is 2.33. The Hall–Kier alpha value is -5.63. The molecule has 0 saturated carbocycles. The molecule has 58 heavy (non-hydrogen) atoms.